The first-order chi connectivity index (χ1) is 9.81. The van der Waals surface area contributed by atoms with Gasteiger partial charge in [-0.2, -0.15) is 0 Å². The summed E-state index contributed by atoms with van der Waals surface area (Å²) in [6, 6.07) is 0.137. The normalized spacial score (nSPS) is 23.6. The molecule has 110 valence electrons. The summed E-state index contributed by atoms with van der Waals surface area (Å²) in [4.78, 5) is 19.0. The first-order valence-electron chi connectivity index (χ1n) is 7.60. The minimum atomic E-state index is 0.0980. The molecule has 0 bridgehead atoms. The number of carbonyl (C=O) groups is 1. The van der Waals surface area contributed by atoms with Crippen molar-refractivity contribution >= 4 is 5.91 Å². The molecule has 1 atom stereocenters. The number of ether oxygens (including phenoxy) is 1. The zero-order valence-corrected chi connectivity index (χ0v) is 12.1. The molecule has 1 unspecified atom stereocenters. The molecule has 1 saturated carbocycles. The lowest BCUT2D eigenvalue weighted by Crippen LogP contribution is -2.40. The predicted molar refractivity (Wildman–Crippen MR) is 75.1 cm³/mol. The minimum absolute atomic E-state index is 0.0980. The Hall–Kier alpha value is -1.36. The number of imidazole rings is 1. The molecule has 1 aromatic heterocycles. The summed E-state index contributed by atoms with van der Waals surface area (Å²) in [6.07, 6.45) is 9.84. The number of amides is 1. The van der Waals surface area contributed by atoms with E-state index < -0.39 is 0 Å². The summed E-state index contributed by atoms with van der Waals surface area (Å²) >= 11 is 0. The fraction of sp³-hybridized carbons (Fsp3) is 0.733. The summed E-state index contributed by atoms with van der Waals surface area (Å²) in [6.45, 7) is 1.94. The molecule has 5 nitrogen and oxygen atoms in total. The molecule has 3 rings (SSSR count). The van der Waals surface area contributed by atoms with Gasteiger partial charge in [0.1, 0.15) is 12.4 Å². The number of hydrogen-bond acceptors (Lipinski definition) is 3. The SMILES string of the molecule is COCC(=O)N1CCCn2ccnc2C1C1CCCC1. The van der Waals surface area contributed by atoms with Gasteiger partial charge in [0.05, 0.1) is 6.04 Å². The van der Waals surface area contributed by atoms with Crippen LogP contribution in [0.4, 0.5) is 0 Å². The standard InChI is InChI=1S/C15H23N3O2/c1-20-11-13(19)18-9-4-8-17-10-7-16-15(17)14(18)12-5-2-3-6-12/h7,10,12,14H,2-6,8-9,11H2,1H3. The Morgan fingerprint density at radius 2 is 2.15 bits per heavy atom. The maximum Gasteiger partial charge on any atom is 0.249 e. The number of carbonyl (C=O) groups excluding carboxylic acids is 1. The van der Waals surface area contributed by atoms with Crippen LogP contribution in [0.3, 0.4) is 0 Å². The molecule has 0 aromatic carbocycles. The number of fused-ring (bicyclic) bond motifs is 1. The van der Waals surface area contributed by atoms with Crippen molar-refractivity contribution in [2.45, 2.75) is 44.7 Å². The zero-order chi connectivity index (χ0) is 13.9. The fourth-order valence-electron chi connectivity index (χ4n) is 3.69. The zero-order valence-electron chi connectivity index (χ0n) is 12.1. The Labute approximate surface area is 119 Å². The lowest BCUT2D eigenvalue weighted by molar-refractivity contribution is -0.139. The first-order valence-corrected chi connectivity index (χ1v) is 7.60. The van der Waals surface area contributed by atoms with Gasteiger partial charge in [-0.05, 0) is 25.2 Å². The molecule has 1 fully saturated rings. The van der Waals surface area contributed by atoms with E-state index in [2.05, 4.69) is 9.55 Å². The van der Waals surface area contributed by atoms with Gasteiger partial charge < -0.3 is 14.2 Å². The monoisotopic (exact) mass is 277 g/mol. The van der Waals surface area contributed by atoms with Crippen molar-refractivity contribution in [3.63, 3.8) is 0 Å². The average Bonchev–Trinajstić information content (AvgIpc) is 3.08. The lowest BCUT2D eigenvalue weighted by Gasteiger charge is -2.33. The molecule has 0 saturated heterocycles. The van der Waals surface area contributed by atoms with Crippen molar-refractivity contribution in [1.82, 2.24) is 14.5 Å². The molecule has 0 radical (unpaired) electrons. The second kappa shape index (κ2) is 5.95. The van der Waals surface area contributed by atoms with Crippen LogP contribution in [0, 0.1) is 5.92 Å². The molecule has 5 heteroatoms. The van der Waals surface area contributed by atoms with Gasteiger partial charge in [0.25, 0.3) is 0 Å². The average molecular weight is 277 g/mol. The van der Waals surface area contributed by atoms with Crippen molar-refractivity contribution in [2.24, 2.45) is 5.92 Å². The van der Waals surface area contributed by atoms with Crippen LogP contribution in [0.2, 0.25) is 0 Å². The van der Waals surface area contributed by atoms with Crippen molar-refractivity contribution < 1.29 is 9.53 Å². The third-order valence-electron chi connectivity index (χ3n) is 4.58. The second-order valence-corrected chi connectivity index (χ2v) is 5.84. The second-order valence-electron chi connectivity index (χ2n) is 5.84. The highest BCUT2D eigenvalue weighted by Gasteiger charge is 2.37. The summed E-state index contributed by atoms with van der Waals surface area (Å²) in [5, 5.41) is 0. The maximum absolute atomic E-state index is 12.4. The van der Waals surface area contributed by atoms with Crippen molar-refractivity contribution in [1.29, 1.82) is 0 Å². The van der Waals surface area contributed by atoms with Gasteiger partial charge in [0, 0.05) is 32.6 Å². The molecule has 2 aliphatic rings. The number of rotatable bonds is 3. The quantitative estimate of drug-likeness (QED) is 0.849. The van der Waals surface area contributed by atoms with Gasteiger partial charge in [-0.1, -0.05) is 12.8 Å². The van der Waals surface area contributed by atoms with Crippen molar-refractivity contribution in [2.75, 3.05) is 20.3 Å². The molecular formula is C15H23N3O2. The van der Waals surface area contributed by atoms with Crippen molar-refractivity contribution in [3.05, 3.63) is 18.2 Å². The third kappa shape index (κ3) is 2.46. The highest BCUT2D eigenvalue weighted by Crippen LogP contribution is 2.40. The Bertz CT molecular complexity index is 465. The van der Waals surface area contributed by atoms with Crippen LogP contribution in [-0.4, -0.2) is 40.6 Å². The van der Waals surface area contributed by atoms with Crippen LogP contribution in [0.5, 0.6) is 0 Å². The van der Waals surface area contributed by atoms with Gasteiger partial charge in [0.15, 0.2) is 0 Å². The molecule has 1 amide bonds. The van der Waals surface area contributed by atoms with E-state index in [1.54, 1.807) is 7.11 Å². The van der Waals surface area contributed by atoms with E-state index in [4.69, 9.17) is 4.74 Å². The van der Waals surface area contributed by atoms with Gasteiger partial charge in [-0.25, -0.2) is 4.98 Å². The van der Waals surface area contributed by atoms with Gasteiger partial charge >= 0.3 is 0 Å². The summed E-state index contributed by atoms with van der Waals surface area (Å²) in [5.74, 6) is 1.72. The topological polar surface area (TPSA) is 47.4 Å². The highest BCUT2D eigenvalue weighted by molar-refractivity contribution is 5.78. The van der Waals surface area contributed by atoms with Crippen LogP contribution in [0.15, 0.2) is 12.4 Å². The Morgan fingerprint density at radius 3 is 2.90 bits per heavy atom. The van der Waals surface area contributed by atoms with Gasteiger partial charge in [0.2, 0.25) is 5.91 Å². The van der Waals surface area contributed by atoms with Gasteiger partial charge in [-0.15, -0.1) is 0 Å². The summed E-state index contributed by atoms with van der Waals surface area (Å²) in [5.41, 5.74) is 0. The van der Waals surface area contributed by atoms with E-state index in [1.165, 1.54) is 25.7 Å². The van der Waals surface area contributed by atoms with E-state index in [1.807, 2.05) is 17.3 Å². The van der Waals surface area contributed by atoms with E-state index in [0.717, 1.165) is 25.3 Å². The molecule has 1 aliphatic heterocycles. The number of methoxy groups -OCH3 is 1. The molecular weight excluding hydrogens is 254 g/mol. The van der Waals surface area contributed by atoms with E-state index >= 15 is 0 Å². The predicted octanol–water partition coefficient (Wildman–Crippen LogP) is 1.99. The highest BCUT2D eigenvalue weighted by atomic mass is 16.5. The summed E-state index contributed by atoms with van der Waals surface area (Å²) in [7, 11) is 1.58. The van der Waals surface area contributed by atoms with Crippen LogP contribution >= 0.6 is 0 Å². The Morgan fingerprint density at radius 1 is 1.35 bits per heavy atom. The van der Waals surface area contributed by atoms with Crippen LogP contribution in [0.25, 0.3) is 0 Å². The fourth-order valence-corrected chi connectivity index (χ4v) is 3.69. The molecule has 1 aromatic rings. The number of hydrogen-bond donors (Lipinski definition) is 0. The minimum Gasteiger partial charge on any atom is -0.375 e. The largest absolute Gasteiger partial charge is 0.375 e. The smallest absolute Gasteiger partial charge is 0.249 e. The van der Waals surface area contributed by atoms with Gasteiger partial charge in [-0.3, -0.25) is 4.79 Å². The maximum atomic E-state index is 12.4. The van der Waals surface area contributed by atoms with Crippen molar-refractivity contribution in [3.8, 4) is 0 Å². The number of aryl methyl sites for hydroxylation is 1. The number of nitrogens with zero attached hydrogens (tertiary/aromatic N) is 3. The first kappa shape index (κ1) is 13.6. The Kier molecular flexibility index (Phi) is 4.05. The third-order valence-corrected chi connectivity index (χ3v) is 4.58. The summed E-state index contributed by atoms with van der Waals surface area (Å²) < 4.78 is 7.28. The van der Waals surface area contributed by atoms with Crippen LogP contribution in [-0.2, 0) is 16.1 Å². The molecule has 2 heterocycles. The molecule has 20 heavy (non-hydrogen) atoms. The lowest BCUT2D eigenvalue weighted by atomic mass is 9.95. The Balaban J connectivity index is 1.93. The van der Waals surface area contributed by atoms with E-state index in [9.17, 15) is 4.79 Å². The van der Waals surface area contributed by atoms with Crippen LogP contribution < -0.4 is 0 Å². The number of aromatic nitrogens is 2. The van der Waals surface area contributed by atoms with E-state index in [-0.39, 0.29) is 18.6 Å². The van der Waals surface area contributed by atoms with E-state index in [0.29, 0.717) is 5.92 Å². The molecule has 0 N–H and O–H groups in total. The molecule has 0 spiro atoms. The molecule has 1 aliphatic carbocycles. The van der Waals surface area contributed by atoms with Crippen LogP contribution in [0.1, 0.15) is 44.0 Å².